The molecule has 0 saturated carbocycles. The van der Waals surface area contributed by atoms with Crippen molar-refractivity contribution in [1.82, 2.24) is 25.8 Å². The summed E-state index contributed by atoms with van der Waals surface area (Å²) in [6, 6.07) is -1.44. The van der Waals surface area contributed by atoms with Gasteiger partial charge < -0.3 is 30.9 Å². The van der Waals surface area contributed by atoms with Crippen molar-refractivity contribution in [2.45, 2.75) is 62.5 Å². The van der Waals surface area contributed by atoms with Crippen LogP contribution in [0.1, 0.15) is 26.7 Å². The first-order valence-electron chi connectivity index (χ1n) is 11.8. The zero-order chi connectivity index (χ0) is 25.6. The Hall–Kier alpha value is -2.25. The number of carbonyl (C=O) groups excluding carboxylic acids is 3. The molecule has 0 spiro atoms. The Bertz CT molecular complexity index is 949. The molecule has 0 radical (unpaired) electrons. The molecule has 0 aliphatic carbocycles. The summed E-state index contributed by atoms with van der Waals surface area (Å²) in [6.45, 7) is 5.18. The zero-order valence-corrected chi connectivity index (χ0v) is 20.6. The molecule has 0 aromatic rings. The SMILES string of the molecule is CN[C@H]1CCN(C(=O)[C@@H]2C[C@H](SC3=C(C(=O)O)N4C(=O)[C@H]([C@@H](C)NC(=O)C(F)F)C4[C@H]3C)CN2)C1. The number of hydrogen-bond acceptors (Lipinski definition) is 7. The molecular weight excluding hydrogens is 484 g/mol. The fourth-order valence-electron chi connectivity index (χ4n) is 5.65. The van der Waals surface area contributed by atoms with Crippen LogP contribution >= 0.6 is 11.8 Å². The minimum absolute atomic E-state index is 0.0421. The van der Waals surface area contributed by atoms with E-state index in [0.717, 1.165) is 6.42 Å². The molecule has 0 bridgehead atoms. The molecule has 3 fully saturated rings. The molecule has 13 heteroatoms. The predicted molar refractivity (Wildman–Crippen MR) is 123 cm³/mol. The van der Waals surface area contributed by atoms with Crippen molar-refractivity contribution in [2.24, 2.45) is 11.8 Å². The molecule has 194 valence electrons. The van der Waals surface area contributed by atoms with Gasteiger partial charge in [0.05, 0.1) is 18.0 Å². The summed E-state index contributed by atoms with van der Waals surface area (Å²) >= 11 is 1.36. The largest absolute Gasteiger partial charge is 0.477 e. The minimum Gasteiger partial charge on any atom is -0.477 e. The number of alkyl halides is 2. The smallest absolute Gasteiger partial charge is 0.353 e. The van der Waals surface area contributed by atoms with Crippen molar-refractivity contribution in [3.8, 4) is 0 Å². The van der Waals surface area contributed by atoms with Crippen molar-refractivity contribution in [3.05, 3.63) is 10.6 Å². The van der Waals surface area contributed by atoms with E-state index < -0.39 is 42.2 Å². The number of hydrogen-bond donors (Lipinski definition) is 4. The first-order valence-corrected chi connectivity index (χ1v) is 12.7. The Labute approximate surface area is 206 Å². The second-order valence-electron chi connectivity index (χ2n) is 9.62. The molecule has 35 heavy (non-hydrogen) atoms. The van der Waals surface area contributed by atoms with Crippen molar-refractivity contribution in [2.75, 3.05) is 26.7 Å². The third-order valence-electron chi connectivity index (χ3n) is 7.49. The van der Waals surface area contributed by atoms with Gasteiger partial charge >= 0.3 is 12.4 Å². The van der Waals surface area contributed by atoms with Crippen LogP contribution in [-0.2, 0) is 19.2 Å². The molecule has 1 unspecified atom stereocenters. The Morgan fingerprint density at radius 3 is 2.60 bits per heavy atom. The fourth-order valence-corrected chi connectivity index (χ4v) is 7.13. The average molecular weight is 516 g/mol. The van der Waals surface area contributed by atoms with E-state index in [1.165, 1.54) is 23.6 Å². The van der Waals surface area contributed by atoms with Crippen LogP contribution in [0.3, 0.4) is 0 Å². The van der Waals surface area contributed by atoms with E-state index in [4.69, 9.17) is 0 Å². The molecule has 4 aliphatic rings. The standard InChI is InChI=1S/C22H31F2N5O5S/c1-9-15-14(10(2)27-19(30)18(23)24)21(32)29(15)16(22(33)34)17(9)35-12-6-13(26-7-12)20(31)28-5-4-11(8-28)25-3/h9-15,18,25-26H,4-8H2,1-3H3,(H,27,30)(H,33,34)/t9-,10-,11+,12+,13+,14-,15?/m1/s1. The van der Waals surface area contributed by atoms with Gasteiger partial charge in [-0.3, -0.25) is 14.4 Å². The number of fused-ring (bicyclic) bond motifs is 1. The maximum atomic E-state index is 12.9. The first kappa shape index (κ1) is 25.8. The highest BCUT2D eigenvalue weighted by Gasteiger charge is 2.60. The fraction of sp³-hybridized carbons (Fsp3) is 0.727. The molecule has 0 aromatic carbocycles. The van der Waals surface area contributed by atoms with Crippen LogP contribution in [0.15, 0.2) is 10.6 Å². The van der Waals surface area contributed by atoms with Crippen molar-refractivity contribution in [3.63, 3.8) is 0 Å². The van der Waals surface area contributed by atoms with Gasteiger partial charge in [0, 0.05) is 47.8 Å². The molecule has 4 heterocycles. The Morgan fingerprint density at radius 2 is 2.00 bits per heavy atom. The lowest BCUT2D eigenvalue weighted by molar-refractivity contribution is -0.159. The minimum atomic E-state index is -3.20. The van der Waals surface area contributed by atoms with Gasteiger partial charge in [-0.05, 0) is 26.8 Å². The Balaban J connectivity index is 1.43. The average Bonchev–Trinajstić information content (AvgIpc) is 3.52. The number of β-lactam (4-membered cyclic amide) rings is 1. The van der Waals surface area contributed by atoms with Gasteiger partial charge in [-0.1, -0.05) is 6.92 Å². The van der Waals surface area contributed by atoms with E-state index in [0.29, 0.717) is 31.0 Å². The van der Waals surface area contributed by atoms with Crippen LogP contribution in [0.5, 0.6) is 0 Å². The van der Waals surface area contributed by atoms with Crippen LogP contribution < -0.4 is 16.0 Å². The molecule has 10 nitrogen and oxygen atoms in total. The lowest BCUT2D eigenvalue weighted by Gasteiger charge is -2.47. The summed E-state index contributed by atoms with van der Waals surface area (Å²) in [5.74, 6) is -4.27. The Morgan fingerprint density at radius 1 is 1.29 bits per heavy atom. The normalized spacial score (nSPS) is 33.3. The highest BCUT2D eigenvalue weighted by Crippen LogP contribution is 2.51. The summed E-state index contributed by atoms with van der Waals surface area (Å²) in [5.41, 5.74) is -0.0904. The third kappa shape index (κ3) is 4.65. The monoisotopic (exact) mass is 515 g/mol. The van der Waals surface area contributed by atoms with Crippen molar-refractivity contribution in [1.29, 1.82) is 0 Å². The molecule has 7 atom stereocenters. The molecular formula is C22H31F2N5O5S. The number of likely N-dealkylation sites (tertiary alicyclic amines) is 1. The van der Waals surface area contributed by atoms with E-state index in [-0.39, 0.29) is 34.9 Å². The summed E-state index contributed by atoms with van der Waals surface area (Å²) in [4.78, 5) is 52.9. The number of carboxylic acid groups (broad SMARTS) is 1. The summed E-state index contributed by atoms with van der Waals surface area (Å²) in [6.07, 6.45) is -1.75. The van der Waals surface area contributed by atoms with Crippen LogP contribution in [0.25, 0.3) is 0 Å². The molecule has 3 saturated heterocycles. The molecule has 0 aromatic heterocycles. The summed E-state index contributed by atoms with van der Waals surface area (Å²) < 4.78 is 25.3. The van der Waals surface area contributed by atoms with Gasteiger partial charge in [0.2, 0.25) is 11.8 Å². The molecule has 4 N–H and O–H groups in total. The number of nitrogens with zero attached hydrogens (tertiary/aromatic N) is 2. The number of rotatable bonds is 8. The number of nitrogens with one attached hydrogen (secondary N) is 3. The summed E-state index contributed by atoms with van der Waals surface area (Å²) in [5, 5.41) is 18.4. The van der Waals surface area contributed by atoms with Gasteiger partial charge in [0.25, 0.3) is 5.91 Å². The zero-order valence-electron chi connectivity index (χ0n) is 19.8. The lowest BCUT2D eigenvalue weighted by Crippen LogP contribution is -2.66. The van der Waals surface area contributed by atoms with Crippen LogP contribution in [-0.4, -0.2) is 101 Å². The number of carboxylic acids is 1. The van der Waals surface area contributed by atoms with E-state index in [1.54, 1.807) is 0 Å². The Kier molecular flexibility index (Phi) is 7.39. The topological polar surface area (TPSA) is 131 Å². The lowest BCUT2D eigenvalue weighted by atomic mass is 9.78. The highest BCUT2D eigenvalue weighted by molar-refractivity contribution is 8.03. The predicted octanol–water partition coefficient (Wildman–Crippen LogP) is -0.187. The molecule has 4 rings (SSSR count). The van der Waals surface area contributed by atoms with E-state index >= 15 is 0 Å². The van der Waals surface area contributed by atoms with E-state index in [1.807, 2.05) is 18.9 Å². The van der Waals surface area contributed by atoms with Gasteiger partial charge in [0.1, 0.15) is 5.70 Å². The molecule has 4 aliphatic heterocycles. The van der Waals surface area contributed by atoms with Crippen LogP contribution in [0, 0.1) is 11.8 Å². The first-order chi connectivity index (χ1) is 16.5. The summed E-state index contributed by atoms with van der Waals surface area (Å²) in [7, 11) is 1.88. The van der Waals surface area contributed by atoms with Crippen molar-refractivity contribution < 1.29 is 33.1 Å². The van der Waals surface area contributed by atoms with Gasteiger partial charge in [-0.25, -0.2) is 4.79 Å². The number of likely N-dealkylation sites (N-methyl/N-ethyl adjacent to an activating group) is 1. The number of halogens is 2. The van der Waals surface area contributed by atoms with Crippen LogP contribution in [0.2, 0.25) is 0 Å². The van der Waals surface area contributed by atoms with E-state index in [2.05, 4.69) is 16.0 Å². The molecule has 3 amide bonds. The van der Waals surface area contributed by atoms with E-state index in [9.17, 15) is 33.1 Å². The quantitative estimate of drug-likeness (QED) is 0.328. The maximum absolute atomic E-state index is 12.9. The number of aliphatic carboxylic acids is 1. The number of thioether (sulfide) groups is 1. The van der Waals surface area contributed by atoms with Crippen molar-refractivity contribution >= 4 is 35.5 Å². The van der Waals surface area contributed by atoms with Gasteiger partial charge in [-0.2, -0.15) is 8.78 Å². The third-order valence-corrected chi connectivity index (χ3v) is 9.00. The van der Waals surface area contributed by atoms with Crippen LogP contribution in [0.4, 0.5) is 8.78 Å². The maximum Gasteiger partial charge on any atom is 0.353 e. The van der Waals surface area contributed by atoms with Gasteiger partial charge in [-0.15, -0.1) is 11.8 Å². The van der Waals surface area contributed by atoms with Gasteiger partial charge in [0.15, 0.2) is 0 Å². The highest BCUT2D eigenvalue weighted by atomic mass is 32.2. The second kappa shape index (κ2) is 10.0. The number of carbonyl (C=O) groups is 4. The second-order valence-corrected chi connectivity index (χ2v) is 11.0. The number of amides is 3.